The number of carboxylic acids is 1. The van der Waals surface area contributed by atoms with Crippen LogP contribution in [0.1, 0.15) is 26.2 Å². The van der Waals surface area contributed by atoms with Gasteiger partial charge in [0.1, 0.15) is 0 Å². The highest BCUT2D eigenvalue weighted by molar-refractivity contribution is 7.99. The van der Waals surface area contributed by atoms with Crippen molar-refractivity contribution in [2.75, 3.05) is 31.1 Å². The zero-order valence-corrected chi connectivity index (χ0v) is 12.2. The molecule has 108 valence electrons. The molecule has 19 heavy (non-hydrogen) atoms. The Bertz CT molecular complexity index is 347. The average molecular weight is 286 g/mol. The highest BCUT2D eigenvalue weighted by Gasteiger charge is 2.33. The molecule has 1 amide bonds. The fraction of sp³-hybridized carbons (Fsp3) is 0.846. The van der Waals surface area contributed by atoms with E-state index >= 15 is 0 Å². The zero-order chi connectivity index (χ0) is 13.8. The maximum atomic E-state index is 12.3. The van der Waals surface area contributed by atoms with Crippen LogP contribution in [-0.4, -0.2) is 70.0 Å². The van der Waals surface area contributed by atoms with E-state index in [0.717, 1.165) is 37.4 Å². The van der Waals surface area contributed by atoms with Crippen LogP contribution in [0.2, 0.25) is 0 Å². The summed E-state index contributed by atoms with van der Waals surface area (Å²) >= 11 is 1.78. The van der Waals surface area contributed by atoms with Gasteiger partial charge in [0.05, 0.1) is 13.0 Å². The van der Waals surface area contributed by atoms with E-state index in [4.69, 9.17) is 5.11 Å². The van der Waals surface area contributed by atoms with Crippen molar-refractivity contribution >= 4 is 23.6 Å². The van der Waals surface area contributed by atoms with E-state index in [0.29, 0.717) is 12.6 Å². The Morgan fingerprint density at radius 3 is 2.74 bits per heavy atom. The first-order valence-corrected chi connectivity index (χ1v) is 8.10. The van der Waals surface area contributed by atoms with Crippen molar-refractivity contribution in [1.29, 1.82) is 0 Å². The lowest BCUT2D eigenvalue weighted by molar-refractivity contribution is -0.140. The topological polar surface area (TPSA) is 60.9 Å². The van der Waals surface area contributed by atoms with Crippen LogP contribution in [0.5, 0.6) is 0 Å². The van der Waals surface area contributed by atoms with Gasteiger partial charge in [0.2, 0.25) is 5.91 Å². The van der Waals surface area contributed by atoms with Crippen molar-refractivity contribution < 1.29 is 14.7 Å². The van der Waals surface area contributed by atoms with Gasteiger partial charge in [-0.05, 0) is 19.8 Å². The molecule has 2 aliphatic rings. The van der Waals surface area contributed by atoms with Gasteiger partial charge < -0.3 is 10.0 Å². The number of thioether (sulfide) groups is 1. The second-order valence-electron chi connectivity index (χ2n) is 5.21. The number of rotatable bonds is 6. The Labute approximate surface area is 118 Å². The number of carboxylic acid groups (broad SMARTS) is 1. The zero-order valence-electron chi connectivity index (χ0n) is 11.4. The number of aliphatic carboxylic acids is 1. The van der Waals surface area contributed by atoms with Crippen LogP contribution in [0.25, 0.3) is 0 Å². The lowest BCUT2D eigenvalue weighted by Crippen LogP contribution is -2.49. The highest BCUT2D eigenvalue weighted by Crippen LogP contribution is 2.27. The Hall–Kier alpha value is -0.750. The Morgan fingerprint density at radius 1 is 1.42 bits per heavy atom. The number of carbonyl (C=O) groups excluding carboxylic acids is 1. The maximum absolute atomic E-state index is 12.3. The lowest BCUT2D eigenvalue weighted by atomic mass is 10.2. The minimum Gasteiger partial charge on any atom is -0.481 e. The summed E-state index contributed by atoms with van der Waals surface area (Å²) in [6.07, 6.45) is 2.37. The van der Waals surface area contributed by atoms with Gasteiger partial charge in [-0.15, -0.1) is 0 Å². The summed E-state index contributed by atoms with van der Waals surface area (Å²) in [5.74, 6) is 1.18. The van der Waals surface area contributed by atoms with Gasteiger partial charge in [-0.1, -0.05) is 0 Å². The molecule has 6 heteroatoms. The number of carbonyl (C=O) groups is 2. The number of nitrogens with zero attached hydrogens (tertiary/aromatic N) is 2. The molecule has 0 radical (unpaired) electrons. The molecular weight excluding hydrogens is 264 g/mol. The van der Waals surface area contributed by atoms with Gasteiger partial charge in [-0.25, -0.2) is 0 Å². The third kappa shape index (κ3) is 4.11. The third-order valence-corrected chi connectivity index (χ3v) is 4.84. The molecule has 1 saturated heterocycles. The number of hydrogen-bond donors (Lipinski definition) is 1. The predicted molar refractivity (Wildman–Crippen MR) is 75.3 cm³/mol. The van der Waals surface area contributed by atoms with Crippen LogP contribution in [0.4, 0.5) is 0 Å². The van der Waals surface area contributed by atoms with Crippen LogP contribution in [-0.2, 0) is 9.59 Å². The smallest absolute Gasteiger partial charge is 0.304 e. The van der Waals surface area contributed by atoms with Crippen LogP contribution in [0.3, 0.4) is 0 Å². The Balaban J connectivity index is 1.90. The number of likely N-dealkylation sites (N-methyl/N-ethyl adjacent to an activating group) is 1. The largest absolute Gasteiger partial charge is 0.481 e. The fourth-order valence-electron chi connectivity index (χ4n) is 2.58. The standard InChI is InChI=1S/C13H22N2O3S/c1-2-15(10-3-4-10)12(16)8-14-5-6-19-9-11(14)7-13(17)18/h10-11H,2-9H2,1H3,(H,17,18). The summed E-state index contributed by atoms with van der Waals surface area (Å²) in [7, 11) is 0. The highest BCUT2D eigenvalue weighted by atomic mass is 32.2. The maximum Gasteiger partial charge on any atom is 0.304 e. The van der Waals surface area contributed by atoms with Gasteiger partial charge in [0.15, 0.2) is 0 Å². The predicted octanol–water partition coefficient (Wildman–Crippen LogP) is 0.889. The van der Waals surface area contributed by atoms with E-state index in [1.807, 2.05) is 11.8 Å². The van der Waals surface area contributed by atoms with E-state index in [2.05, 4.69) is 4.90 Å². The van der Waals surface area contributed by atoms with Crippen LogP contribution >= 0.6 is 11.8 Å². The second kappa shape index (κ2) is 6.61. The van der Waals surface area contributed by atoms with Gasteiger partial charge in [0, 0.05) is 36.7 Å². The first-order valence-electron chi connectivity index (χ1n) is 6.95. The molecule has 0 spiro atoms. The van der Waals surface area contributed by atoms with Crippen molar-refractivity contribution in [3.05, 3.63) is 0 Å². The summed E-state index contributed by atoms with van der Waals surface area (Å²) in [4.78, 5) is 27.2. The lowest BCUT2D eigenvalue weighted by Gasteiger charge is -2.35. The third-order valence-electron chi connectivity index (χ3n) is 3.75. The van der Waals surface area contributed by atoms with Crippen molar-refractivity contribution in [2.45, 2.75) is 38.3 Å². The molecule has 1 heterocycles. The van der Waals surface area contributed by atoms with Crippen LogP contribution in [0, 0.1) is 0 Å². The molecule has 1 N–H and O–H groups in total. The van der Waals surface area contributed by atoms with Gasteiger partial charge in [0.25, 0.3) is 0 Å². The average Bonchev–Trinajstić information content (AvgIpc) is 3.16. The van der Waals surface area contributed by atoms with Gasteiger partial charge >= 0.3 is 5.97 Å². The van der Waals surface area contributed by atoms with Crippen LogP contribution in [0.15, 0.2) is 0 Å². The fourth-order valence-corrected chi connectivity index (χ4v) is 3.71. The monoisotopic (exact) mass is 286 g/mol. The SMILES string of the molecule is CCN(C(=O)CN1CCSCC1CC(=O)O)C1CC1. The van der Waals surface area contributed by atoms with Crippen molar-refractivity contribution in [2.24, 2.45) is 0 Å². The first kappa shape index (κ1) is 14.7. The molecule has 0 aromatic heterocycles. The Morgan fingerprint density at radius 2 is 2.16 bits per heavy atom. The molecule has 1 atom stereocenters. The summed E-state index contributed by atoms with van der Waals surface area (Å²) in [5, 5.41) is 8.94. The van der Waals surface area contributed by atoms with Gasteiger partial charge in [-0.2, -0.15) is 11.8 Å². The summed E-state index contributed by atoms with van der Waals surface area (Å²) in [6.45, 7) is 3.96. The molecular formula is C13H22N2O3S. The summed E-state index contributed by atoms with van der Waals surface area (Å²) < 4.78 is 0. The van der Waals surface area contributed by atoms with E-state index in [-0.39, 0.29) is 18.4 Å². The van der Waals surface area contributed by atoms with E-state index in [1.165, 1.54) is 0 Å². The molecule has 2 fully saturated rings. The van der Waals surface area contributed by atoms with Crippen LogP contribution < -0.4 is 0 Å². The van der Waals surface area contributed by atoms with E-state index < -0.39 is 5.97 Å². The normalized spacial score (nSPS) is 24.2. The minimum atomic E-state index is -0.778. The van der Waals surface area contributed by atoms with E-state index in [9.17, 15) is 9.59 Å². The molecule has 2 rings (SSSR count). The molecule has 0 aromatic carbocycles. The molecule has 1 unspecified atom stereocenters. The molecule has 5 nitrogen and oxygen atoms in total. The van der Waals surface area contributed by atoms with E-state index in [1.54, 1.807) is 11.8 Å². The minimum absolute atomic E-state index is 0.00175. The summed E-state index contributed by atoms with van der Waals surface area (Å²) in [6, 6.07) is 0.438. The second-order valence-corrected chi connectivity index (χ2v) is 6.36. The molecule has 1 saturated carbocycles. The molecule has 0 bridgehead atoms. The van der Waals surface area contributed by atoms with Crippen molar-refractivity contribution in [1.82, 2.24) is 9.80 Å². The van der Waals surface area contributed by atoms with Crippen molar-refractivity contribution in [3.63, 3.8) is 0 Å². The molecule has 1 aliphatic heterocycles. The molecule has 0 aromatic rings. The summed E-state index contributed by atoms with van der Waals surface area (Å²) in [5.41, 5.74) is 0. The first-order chi connectivity index (χ1) is 9.11. The van der Waals surface area contributed by atoms with Gasteiger partial charge in [-0.3, -0.25) is 14.5 Å². The number of amides is 1. The van der Waals surface area contributed by atoms with Crippen molar-refractivity contribution in [3.8, 4) is 0 Å². The number of hydrogen-bond acceptors (Lipinski definition) is 4. The molecule has 1 aliphatic carbocycles. The quantitative estimate of drug-likeness (QED) is 0.786. The Kier molecular flexibility index (Phi) is 5.10.